The number of pyridine rings is 1. The maximum Gasteiger partial charge on any atom is 0.306 e. The Morgan fingerprint density at radius 3 is 2.50 bits per heavy atom. The first-order chi connectivity index (χ1) is 16.5. The van der Waals surface area contributed by atoms with Crippen molar-refractivity contribution in [1.29, 1.82) is 0 Å². The van der Waals surface area contributed by atoms with E-state index in [4.69, 9.17) is 9.72 Å². The van der Waals surface area contributed by atoms with Gasteiger partial charge in [0.1, 0.15) is 5.82 Å². The molecule has 0 saturated heterocycles. The third-order valence-electron chi connectivity index (χ3n) is 5.77. The number of nitrogens with zero attached hydrogens (tertiary/aromatic N) is 4. The lowest BCUT2D eigenvalue weighted by molar-refractivity contribution is -0.146. The Labute approximate surface area is 199 Å². The molecule has 1 atom stereocenters. The smallest absolute Gasteiger partial charge is 0.306 e. The molecule has 34 heavy (non-hydrogen) atoms. The van der Waals surface area contributed by atoms with Gasteiger partial charge in [-0.3, -0.25) is 23.9 Å². The van der Waals surface area contributed by atoms with Crippen LogP contribution < -0.4 is 5.56 Å². The van der Waals surface area contributed by atoms with E-state index in [0.717, 1.165) is 5.69 Å². The van der Waals surface area contributed by atoms with Gasteiger partial charge in [0.15, 0.2) is 0 Å². The second-order valence-electron chi connectivity index (χ2n) is 7.92. The average molecular weight is 465 g/mol. The minimum atomic E-state index is -0.421. The maximum absolute atomic E-state index is 13.4. The van der Waals surface area contributed by atoms with E-state index in [-0.39, 0.29) is 30.9 Å². The minimum Gasteiger partial charge on any atom is -0.466 e. The van der Waals surface area contributed by atoms with Crippen molar-refractivity contribution in [2.45, 2.75) is 59.0 Å². The molecule has 8 nitrogen and oxygen atoms in total. The van der Waals surface area contributed by atoms with E-state index >= 15 is 0 Å². The van der Waals surface area contributed by atoms with Crippen molar-refractivity contribution >= 4 is 22.8 Å². The number of rotatable bonds is 11. The lowest BCUT2D eigenvalue weighted by Gasteiger charge is -2.32. The van der Waals surface area contributed by atoms with Gasteiger partial charge < -0.3 is 9.64 Å². The molecule has 180 valence electrons. The van der Waals surface area contributed by atoms with Gasteiger partial charge in [-0.2, -0.15) is 0 Å². The van der Waals surface area contributed by atoms with E-state index in [1.54, 1.807) is 28.7 Å². The van der Waals surface area contributed by atoms with Crippen LogP contribution in [0.3, 0.4) is 0 Å². The summed E-state index contributed by atoms with van der Waals surface area (Å²) in [6.07, 6.45) is 2.88. The van der Waals surface area contributed by atoms with Gasteiger partial charge in [0.05, 0.1) is 30.0 Å². The summed E-state index contributed by atoms with van der Waals surface area (Å²) in [4.78, 5) is 49.4. The van der Waals surface area contributed by atoms with Crippen molar-refractivity contribution in [1.82, 2.24) is 19.4 Å². The van der Waals surface area contributed by atoms with E-state index in [0.29, 0.717) is 42.7 Å². The molecule has 1 amide bonds. The highest BCUT2D eigenvalue weighted by atomic mass is 16.5. The molecule has 0 aliphatic rings. The minimum absolute atomic E-state index is 0.00886. The van der Waals surface area contributed by atoms with Gasteiger partial charge in [0, 0.05) is 37.8 Å². The third-order valence-corrected chi connectivity index (χ3v) is 5.77. The fourth-order valence-corrected chi connectivity index (χ4v) is 4.11. The van der Waals surface area contributed by atoms with Crippen LogP contribution in [0, 0.1) is 0 Å². The van der Waals surface area contributed by atoms with Crippen molar-refractivity contribution in [3.05, 3.63) is 70.5 Å². The number of fused-ring (bicyclic) bond motifs is 1. The summed E-state index contributed by atoms with van der Waals surface area (Å²) in [6.45, 7) is 6.71. The fraction of sp³-hybridized carbons (Fsp3) is 0.423. The monoisotopic (exact) mass is 464 g/mol. The van der Waals surface area contributed by atoms with Crippen LogP contribution >= 0.6 is 0 Å². The standard InChI is InChI=1S/C26H32N4O4/c1-4-22(25-28-21-13-8-7-12-20(21)26(33)29(25)5-2)30(18-16-19-11-9-10-17-27-19)23(31)14-15-24(32)34-6-3/h7-13,17,22H,4-6,14-16,18H2,1-3H3. The highest BCUT2D eigenvalue weighted by Gasteiger charge is 2.28. The van der Waals surface area contributed by atoms with Gasteiger partial charge >= 0.3 is 5.97 Å². The van der Waals surface area contributed by atoms with E-state index in [2.05, 4.69) is 4.98 Å². The van der Waals surface area contributed by atoms with Crippen LogP contribution in [0.15, 0.2) is 53.5 Å². The van der Waals surface area contributed by atoms with Crippen LogP contribution in [0.1, 0.15) is 57.6 Å². The van der Waals surface area contributed by atoms with Crippen LogP contribution in [0.2, 0.25) is 0 Å². The zero-order valence-corrected chi connectivity index (χ0v) is 20.1. The number of carbonyl (C=O) groups is 2. The molecule has 8 heteroatoms. The Balaban J connectivity index is 1.99. The molecule has 2 aromatic heterocycles. The molecule has 0 N–H and O–H groups in total. The van der Waals surface area contributed by atoms with Crippen LogP contribution in [0.25, 0.3) is 10.9 Å². The normalized spacial score (nSPS) is 11.9. The van der Waals surface area contributed by atoms with Crippen molar-refractivity contribution in [3.8, 4) is 0 Å². The third kappa shape index (κ3) is 5.87. The van der Waals surface area contributed by atoms with Crippen LogP contribution in [0.4, 0.5) is 0 Å². The van der Waals surface area contributed by atoms with Crippen molar-refractivity contribution in [3.63, 3.8) is 0 Å². The first kappa shape index (κ1) is 25.1. The molecule has 0 bridgehead atoms. The number of aromatic nitrogens is 3. The second kappa shape index (κ2) is 12.1. The predicted molar refractivity (Wildman–Crippen MR) is 130 cm³/mol. The average Bonchev–Trinajstić information content (AvgIpc) is 2.86. The number of para-hydroxylation sites is 1. The van der Waals surface area contributed by atoms with Gasteiger partial charge in [-0.1, -0.05) is 25.1 Å². The van der Waals surface area contributed by atoms with Crippen LogP contribution in [0.5, 0.6) is 0 Å². The van der Waals surface area contributed by atoms with Gasteiger partial charge in [-0.25, -0.2) is 4.98 Å². The largest absolute Gasteiger partial charge is 0.466 e. The maximum atomic E-state index is 13.4. The topological polar surface area (TPSA) is 94.4 Å². The molecule has 0 aliphatic heterocycles. The highest BCUT2D eigenvalue weighted by Crippen LogP contribution is 2.25. The lowest BCUT2D eigenvalue weighted by atomic mass is 10.1. The quantitative estimate of drug-likeness (QED) is 0.402. The molecule has 0 aliphatic carbocycles. The fourth-order valence-electron chi connectivity index (χ4n) is 4.11. The van der Waals surface area contributed by atoms with Crippen molar-refractivity contribution < 1.29 is 14.3 Å². The molecule has 0 saturated carbocycles. The summed E-state index contributed by atoms with van der Waals surface area (Å²) < 4.78 is 6.64. The Kier molecular flexibility index (Phi) is 8.90. The Morgan fingerprint density at radius 2 is 1.82 bits per heavy atom. The molecule has 3 rings (SSSR count). The molecular formula is C26H32N4O4. The number of hydrogen-bond donors (Lipinski definition) is 0. The summed E-state index contributed by atoms with van der Waals surface area (Å²) in [5.74, 6) is -0.0250. The summed E-state index contributed by atoms with van der Waals surface area (Å²) >= 11 is 0. The molecule has 2 heterocycles. The Hall–Kier alpha value is -3.55. The van der Waals surface area contributed by atoms with E-state index < -0.39 is 12.0 Å². The van der Waals surface area contributed by atoms with Gasteiger partial charge in [0.25, 0.3) is 5.56 Å². The van der Waals surface area contributed by atoms with E-state index in [1.165, 1.54) is 0 Å². The van der Waals surface area contributed by atoms with Crippen LogP contribution in [-0.4, -0.2) is 44.5 Å². The lowest BCUT2D eigenvalue weighted by Crippen LogP contribution is -2.40. The number of hydrogen-bond acceptors (Lipinski definition) is 6. The van der Waals surface area contributed by atoms with Crippen molar-refractivity contribution in [2.75, 3.05) is 13.2 Å². The summed E-state index contributed by atoms with van der Waals surface area (Å²) in [7, 11) is 0. The van der Waals surface area contributed by atoms with Gasteiger partial charge in [0.2, 0.25) is 5.91 Å². The Bertz CT molecular complexity index is 1180. The SMILES string of the molecule is CCOC(=O)CCC(=O)N(CCc1ccccn1)C(CC)c1nc2ccccc2c(=O)n1CC. The first-order valence-electron chi connectivity index (χ1n) is 11.8. The van der Waals surface area contributed by atoms with E-state index in [1.807, 2.05) is 50.2 Å². The zero-order chi connectivity index (χ0) is 24.5. The van der Waals surface area contributed by atoms with Crippen molar-refractivity contribution in [2.24, 2.45) is 0 Å². The molecule has 0 fully saturated rings. The molecule has 1 aromatic carbocycles. The van der Waals surface area contributed by atoms with Gasteiger partial charge in [-0.05, 0) is 44.5 Å². The number of esters is 1. The molecule has 1 unspecified atom stereocenters. The van der Waals surface area contributed by atoms with Crippen LogP contribution in [-0.2, 0) is 27.3 Å². The molecule has 0 radical (unpaired) electrons. The first-order valence-corrected chi connectivity index (χ1v) is 11.8. The predicted octanol–water partition coefficient (Wildman–Crippen LogP) is 3.68. The zero-order valence-electron chi connectivity index (χ0n) is 20.1. The number of benzene rings is 1. The number of ether oxygens (including phenoxy) is 1. The Morgan fingerprint density at radius 1 is 1.06 bits per heavy atom. The summed E-state index contributed by atoms with van der Waals surface area (Å²) in [5, 5.41) is 0.552. The molecule has 0 spiro atoms. The molecular weight excluding hydrogens is 432 g/mol. The summed E-state index contributed by atoms with van der Waals surface area (Å²) in [6, 6.07) is 12.5. The second-order valence-corrected chi connectivity index (χ2v) is 7.92. The number of carbonyl (C=O) groups excluding carboxylic acids is 2. The van der Waals surface area contributed by atoms with E-state index in [9.17, 15) is 14.4 Å². The molecule has 3 aromatic rings. The van der Waals surface area contributed by atoms with Gasteiger partial charge in [-0.15, -0.1) is 0 Å². The number of amides is 1. The summed E-state index contributed by atoms with van der Waals surface area (Å²) in [5.41, 5.74) is 1.35. The highest BCUT2D eigenvalue weighted by molar-refractivity contribution is 5.82.